The fraction of sp³-hybridized carbons (Fsp3) is 0.417. The van der Waals surface area contributed by atoms with E-state index in [1.54, 1.807) is 6.07 Å². The van der Waals surface area contributed by atoms with E-state index >= 15 is 0 Å². The fourth-order valence-corrected chi connectivity index (χ4v) is 2.22. The minimum Gasteiger partial charge on any atom is -0.377 e. The summed E-state index contributed by atoms with van der Waals surface area (Å²) >= 11 is 12.1. The number of likely N-dealkylation sites (N-methyl/N-ethyl adjacent to an activating group) is 1. The van der Waals surface area contributed by atoms with Gasteiger partial charge in [0.25, 0.3) is 0 Å². The molecule has 0 spiro atoms. The Morgan fingerprint density at radius 1 is 1.39 bits per heavy atom. The van der Waals surface area contributed by atoms with Gasteiger partial charge in [-0.3, -0.25) is 4.99 Å². The number of rotatable bonds is 4. The highest BCUT2D eigenvalue weighted by Crippen LogP contribution is 2.29. The normalized spacial score (nSPS) is 14.2. The van der Waals surface area contributed by atoms with Crippen LogP contribution < -0.4 is 5.32 Å². The van der Waals surface area contributed by atoms with Gasteiger partial charge < -0.3 is 10.2 Å². The predicted molar refractivity (Wildman–Crippen MR) is 81.7 cm³/mol. The van der Waals surface area contributed by atoms with Crippen molar-refractivity contribution in [3.05, 3.63) is 28.2 Å². The van der Waals surface area contributed by atoms with E-state index in [2.05, 4.69) is 22.1 Å². The monoisotopic (exact) mass is 307 g/mol. The molecular formula is C12H16Cl3N3. The molecule has 1 N–H and O–H groups in total. The lowest BCUT2D eigenvalue weighted by molar-refractivity contribution is 0.479. The van der Waals surface area contributed by atoms with Gasteiger partial charge in [-0.1, -0.05) is 29.3 Å². The molecule has 0 bridgehead atoms. The van der Waals surface area contributed by atoms with Crippen molar-refractivity contribution in [2.45, 2.75) is 6.92 Å². The zero-order valence-corrected chi connectivity index (χ0v) is 12.4. The van der Waals surface area contributed by atoms with Gasteiger partial charge in [0, 0.05) is 13.1 Å². The topological polar surface area (TPSA) is 27.6 Å². The number of halogens is 3. The number of anilines is 1. The predicted octanol–water partition coefficient (Wildman–Crippen LogP) is 3.56. The first-order chi connectivity index (χ1) is 8.22. The molecule has 0 saturated heterocycles. The highest BCUT2D eigenvalue weighted by Gasteiger charge is 2.14. The van der Waals surface area contributed by atoms with Gasteiger partial charge in [-0.25, -0.2) is 0 Å². The minimum absolute atomic E-state index is 0. The summed E-state index contributed by atoms with van der Waals surface area (Å²) < 4.78 is 0. The van der Waals surface area contributed by atoms with E-state index < -0.39 is 0 Å². The molecule has 6 heteroatoms. The second-order valence-corrected chi connectivity index (χ2v) is 4.62. The lowest BCUT2D eigenvalue weighted by Gasteiger charge is -2.19. The second-order valence-electron chi connectivity index (χ2n) is 3.83. The Morgan fingerprint density at radius 3 is 2.89 bits per heavy atom. The summed E-state index contributed by atoms with van der Waals surface area (Å²) in [7, 11) is 0. The zero-order chi connectivity index (χ0) is 12.3. The van der Waals surface area contributed by atoms with Gasteiger partial charge in [0.05, 0.1) is 28.8 Å². The standard InChI is InChI=1S/C12H15Cl2N3.ClH/c1-2-17-7-6-15-11(17)8-16-10-5-3-4-9(13)12(10)14;/h3-5,16H,2,6-8H2,1H3;1H. The number of aliphatic imine (C=N–C) groups is 1. The van der Waals surface area contributed by atoms with Crippen LogP contribution in [-0.2, 0) is 0 Å². The summed E-state index contributed by atoms with van der Waals surface area (Å²) in [5, 5.41) is 4.40. The molecule has 3 nitrogen and oxygen atoms in total. The fourth-order valence-electron chi connectivity index (χ4n) is 1.85. The van der Waals surface area contributed by atoms with Crippen molar-refractivity contribution in [3.8, 4) is 0 Å². The van der Waals surface area contributed by atoms with Crippen LogP contribution in [0.5, 0.6) is 0 Å². The van der Waals surface area contributed by atoms with Crippen LogP contribution >= 0.6 is 35.6 Å². The van der Waals surface area contributed by atoms with E-state index in [0.717, 1.165) is 31.2 Å². The summed E-state index contributed by atoms with van der Waals surface area (Å²) in [6, 6.07) is 5.57. The molecule has 2 rings (SSSR count). The first kappa shape index (κ1) is 15.4. The number of nitrogens with one attached hydrogen (secondary N) is 1. The van der Waals surface area contributed by atoms with Crippen LogP contribution in [0.15, 0.2) is 23.2 Å². The summed E-state index contributed by atoms with van der Waals surface area (Å²) in [6.45, 7) is 5.70. The quantitative estimate of drug-likeness (QED) is 0.921. The molecule has 1 aliphatic heterocycles. The van der Waals surface area contributed by atoms with E-state index in [9.17, 15) is 0 Å². The molecule has 0 aromatic heterocycles. The van der Waals surface area contributed by atoms with Gasteiger partial charge in [-0.05, 0) is 19.1 Å². The van der Waals surface area contributed by atoms with Crippen molar-refractivity contribution in [1.29, 1.82) is 0 Å². The molecule has 0 saturated carbocycles. The Bertz CT molecular complexity index is 435. The maximum absolute atomic E-state index is 6.10. The lowest BCUT2D eigenvalue weighted by Crippen LogP contribution is -2.32. The van der Waals surface area contributed by atoms with Crippen LogP contribution in [0.1, 0.15) is 6.92 Å². The molecule has 100 valence electrons. The molecular weight excluding hydrogens is 293 g/mol. The van der Waals surface area contributed by atoms with Crippen molar-refractivity contribution in [2.24, 2.45) is 4.99 Å². The number of benzene rings is 1. The van der Waals surface area contributed by atoms with Crippen molar-refractivity contribution >= 4 is 47.1 Å². The van der Waals surface area contributed by atoms with Crippen LogP contribution in [0.3, 0.4) is 0 Å². The molecule has 1 aromatic carbocycles. The SMILES string of the molecule is CCN1CCN=C1CNc1cccc(Cl)c1Cl.Cl. The number of hydrogen-bond donors (Lipinski definition) is 1. The highest BCUT2D eigenvalue weighted by atomic mass is 35.5. The molecule has 0 radical (unpaired) electrons. The number of nitrogens with zero attached hydrogens (tertiary/aromatic N) is 2. The zero-order valence-electron chi connectivity index (χ0n) is 10.1. The van der Waals surface area contributed by atoms with E-state index in [0.29, 0.717) is 16.6 Å². The maximum atomic E-state index is 6.10. The molecule has 0 amide bonds. The van der Waals surface area contributed by atoms with Gasteiger partial charge >= 0.3 is 0 Å². The highest BCUT2D eigenvalue weighted by molar-refractivity contribution is 6.43. The molecule has 1 aliphatic rings. The largest absolute Gasteiger partial charge is 0.377 e. The van der Waals surface area contributed by atoms with Crippen LogP contribution in [0.2, 0.25) is 10.0 Å². The molecule has 1 heterocycles. The Kier molecular flexibility index (Phi) is 6.06. The van der Waals surface area contributed by atoms with Crippen molar-refractivity contribution < 1.29 is 0 Å². The van der Waals surface area contributed by atoms with E-state index in [-0.39, 0.29) is 12.4 Å². The smallest absolute Gasteiger partial charge is 0.118 e. The van der Waals surface area contributed by atoms with Crippen molar-refractivity contribution in [1.82, 2.24) is 4.90 Å². The van der Waals surface area contributed by atoms with Gasteiger partial charge in [-0.15, -0.1) is 12.4 Å². The average Bonchev–Trinajstić information content (AvgIpc) is 2.78. The molecule has 18 heavy (non-hydrogen) atoms. The summed E-state index contributed by atoms with van der Waals surface area (Å²) in [5.74, 6) is 1.09. The van der Waals surface area contributed by atoms with Gasteiger partial charge in [0.1, 0.15) is 5.84 Å². The molecule has 0 atom stereocenters. The molecule has 1 aromatic rings. The van der Waals surface area contributed by atoms with Crippen LogP contribution in [-0.4, -0.2) is 36.9 Å². The Morgan fingerprint density at radius 2 is 2.17 bits per heavy atom. The average molecular weight is 309 g/mol. The van der Waals surface area contributed by atoms with Gasteiger partial charge in [0.15, 0.2) is 0 Å². The number of hydrogen-bond acceptors (Lipinski definition) is 3. The lowest BCUT2D eigenvalue weighted by atomic mass is 10.3. The first-order valence-electron chi connectivity index (χ1n) is 5.68. The van der Waals surface area contributed by atoms with E-state index in [1.807, 2.05) is 12.1 Å². The first-order valence-corrected chi connectivity index (χ1v) is 6.44. The van der Waals surface area contributed by atoms with E-state index in [4.69, 9.17) is 23.2 Å². The van der Waals surface area contributed by atoms with Crippen LogP contribution in [0.25, 0.3) is 0 Å². The molecule has 0 fully saturated rings. The molecule has 0 unspecified atom stereocenters. The van der Waals surface area contributed by atoms with Crippen molar-refractivity contribution in [3.63, 3.8) is 0 Å². The molecule has 0 aliphatic carbocycles. The summed E-state index contributed by atoms with van der Waals surface area (Å²) in [6.07, 6.45) is 0. The Labute approximate surface area is 124 Å². The summed E-state index contributed by atoms with van der Waals surface area (Å²) in [4.78, 5) is 6.71. The van der Waals surface area contributed by atoms with Crippen molar-refractivity contribution in [2.75, 3.05) is 31.5 Å². The third-order valence-electron chi connectivity index (χ3n) is 2.80. The maximum Gasteiger partial charge on any atom is 0.118 e. The van der Waals surface area contributed by atoms with Crippen LogP contribution in [0, 0.1) is 0 Å². The third-order valence-corrected chi connectivity index (χ3v) is 3.62. The minimum atomic E-state index is 0. The van der Waals surface area contributed by atoms with E-state index in [1.165, 1.54) is 0 Å². The summed E-state index contributed by atoms with van der Waals surface area (Å²) in [5.41, 5.74) is 0.852. The Balaban J connectivity index is 0.00000162. The van der Waals surface area contributed by atoms with Gasteiger partial charge in [0.2, 0.25) is 0 Å². The second kappa shape index (κ2) is 7.07. The number of amidine groups is 1. The van der Waals surface area contributed by atoms with Crippen LogP contribution in [0.4, 0.5) is 5.69 Å². The Hall–Kier alpha value is -0.640. The third kappa shape index (κ3) is 3.44. The van der Waals surface area contributed by atoms with Gasteiger partial charge in [-0.2, -0.15) is 0 Å².